The van der Waals surface area contributed by atoms with Crippen LogP contribution in [-0.2, 0) is 11.3 Å². The predicted molar refractivity (Wildman–Crippen MR) is 99.0 cm³/mol. The molecule has 126 valence electrons. The molecule has 0 atom stereocenters. The Hall–Kier alpha value is -2.93. The predicted octanol–water partition coefficient (Wildman–Crippen LogP) is 4.16. The molecule has 0 aliphatic carbocycles. The van der Waals surface area contributed by atoms with E-state index in [1.54, 1.807) is 0 Å². The van der Waals surface area contributed by atoms with Crippen LogP contribution in [0.3, 0.4) is 0 Å². The number of carbonyl (C=O) groups is 1. The molecule has 0 bridgehead atoms. The van der Waals surface area contributed by atoms with Crippen LogP contribution in [-0.4, -0.2) is 23.2 Å². The Labute approximate surface area is 148 Å². The van der Waals surface area contributed by atoms with Gasteiger partial charge in [0, 0.05) is 13.0 Å². The molecule has 1 aliphatic heterocycles. The minimum Gasteiger partial charge on any atom is -0.346 e. The van der Waals surface area contributed by atoms with E-state index in [1.165, 1.54) is 0 Å². The molecule has 2 aromatic rings. The lowest BCUT2D eigenvalue weighted by molar-refractivity contribution is -0.117. The summed E-state index contributed by atoms with van der Waals surface area (Å²) in [5.74, 6) is 0.858. The van der Waals surface area contributed by atoms with Gasteiger partial charge in [0.1, 0.15) is 12.4 Å². The molecule has 1 heterocycles. The summed E-state index contributed by atoms with van der Waals surface area (Å²) in [6.45, 7) is 3.20. The maximum absolute atomic E-state index is 11.7. The summed E-state index contributed by atoms with van der Waals surface area (Å²) in [4.78, 5) is 17.9. The minimum absolute atomic E-state index is 0.0503. The molecule has 2 aromatic carbocycles. The molecule has 0 fully saturated rings. The van der Waals surface area contributed by atoms with Crippen molar-refractivity contribution in [3.63, 3.8) is 0 Å². The fourth-order valence-electron chi connectivity index (χ4n) is 3.04. The van der Waals surface area contributed by atoms with Crippen LogP contribution in [0.2, 0.25) is 0 Å². The molecule has 4 nitrogen and oxygen atoms in total. The molecule has 25 heavy (non-hydrogen) atoms. The molecule has 0 spiro atoms. The molecule has 0 radical (unpaired) electrons. The lowest BCUT2D eigenvalue weighted by Gasteiger charge is -2.19. The van der Waals surface area contributed by atoms with Crippen molar-refractivity contribution in [3.05, 3.63) is 59.7 Å². The van der Waals surface area contributed by atoms with Crippen molar-refractivity contribution in [1.82, 2.24) is 4.90 Å². The normalized spacial score (nSPS) is 13.7. The summed E-state index contributed by atoms with van der Waals surface area (Å²) in [6.07, 6.45) is 3.00. The van der Waals surface area contributed by atoms with Gasteiger partial charge in [0.15, 0.2) is 0 Å². The van der Waals surface area contributed by atoms with Crippen molar-refractivity contribution >= 4 is 11.7 Å². The summed E-state index contributed by atoms with van der Waals surface area (Å²) in [6, 6.07) is 18.0. The number of hydrogen-bond acceptors (Lipinski definition) is 3. The Morgan fingerprint density at radius 2 is 1.92 bits per heavy atom. The highest BCUT2D eigenvalue weighted by Gasteiger charge is 2.22. The highest BCUT2D eigenvalue weighted by atomic mass is 16.2. The lowest BCUT2D eigenvalue weighted by Crippen LogP contribution is -2.27. The largest absolute Gasteiger partial charge is 0.346 e. The Kier molecular flexibility index (Phi) is 5.25. The summed E-state index contributed by atoms with van der Waals surface area (Å²) < 4.78 is 0. The van der Waals surface area contributed by atoms with Gasteiger partial charge in [-0.05, 0) is 29.2 Å². The van der Waals surface area contributed by atoms with Gasteiger partial charge in [-0.25, -0.2) is 0 Å². The molecule has 0 saturated carbocycles. The Balaban J connectivity index is 1.74. The van der Waals surface area contributed by atoms with Crippen LogP contribution in [0.25, 0.3) is 11.1 Å². The number of amidine groups is 1. The zero-order chi connectivity index (χ0) is 17.6. The van der Waals surface area contributed by atoms with E-state index in [1.807, 2.05) is 36.4 Å². The smallest absolute Gasteiger partial charge is 0.266 e. The van der Waals surface area contributed by atoms with Crippen LogP contribution in [0.5, 0.6) is 0 Å². The van der Waals surface area contributed by atoms with Crippen molar-refractivity contribution in [2.24, 2.45) is 4.99 Å². The molecule has 1 aliphatic rings. The number of aliphatic imine (C=N–C) groups is 1. The van der Waals surface area contributed by atoms with Crippen LogP contribution in [0, 0.1) is 11.3 Å². The Bertz CT molecular complexity index is 831. The van der Waals surface area contributed by atoms with Gasteiger partial charge in [-0.1, -0.05) is 55.8 Å². The molecular weight excluding hydrogens is 310 g/mol. The summed E-state index contributed by atoms with van der Waals surface area (Å²) >= 11 is 0. The van der Waals surface area contributed by atoms with Gasteiger partial charge in [0.05, 0.1) is 11.6 Å². The highest BCUT2D eigenvalue weighted by Crippen LogP contribution is 2.24. The fourth-order valence-corrected chi connectivity index (χ4v) is 3.04. The zero-order valence-corrected chi connectivity index (χ0v) is 14.4. The van der Waals surface area contributed by atoms with Crippen molar-refractivity contribution in [2.45, 2.75) is 32.7 Å². The van der Waals surface area contributed by atoms with E-state index in [2.05, 4.69) is 35.0 Å². The van der Waals surface area contributed by atoms with Gasteiger partial charge < -0.3 is 4.90 Å². The van der Waals surface area contributed by atoms with Gasteiger partial charge in [-0.3, -0.25) is 4.79 Å². The number of carbonyl (C=O) groups excluding carboxylic acids is 1. The van der Waals surface area contributed by atoms with E-state index in [9.17, 15) is 10.1 Å². The van der Waals surface area contributed by atoms with Gasteiger partial charge in [0.2, 0.25) is 0 Å². The average Bonchev–Trinajstić information content (AvgIpc) is 2.99. The van der Waals surface area contributed by atoms with E-state index in [-0.39, 0.29) is 5.91 Å². The lowest BCUT2D eigenvalue weighted by atomic mass is 9.99. The number of unbranched alkanes of at least 4 members (excludes halogenated alkanes) is 1. The summed E-state index contributed by atoms with van der Waals surface area (Å²) in [7, 11) is 0. The second kappa shape index (κ2) is 7.76. The van der Waals surface area contributed by atoms with E-state index in [0.29, 0.717) is 18.7 Å². The molecule has 0 N–H and O–H groups in total. The van der Waals surface area contributed by atoms with Gasteiger partial charge in [-0.2, -0.15) is 10.3 Å². The van der Waals surface area contributed by atoms with Crippen LogP contribution in [0.1, 0.15) is 37.3 Å². The summed E-state index contributed by atoms with van der Waals surface area (Å²) in [5.41, 5.74) is 3.78. The standard InChI is InChI=1S/C21H21N3O/c1-2-3-8-20-23-21(25)15-24(20)14-16-9-11-17(12-10-16)19-7-5-4-6-18(19)13-22/h4-7,9-12H,2-3,8,14-15H2,1H3. The number of benzene rings is 2. The Morgan fingerprint density at radius 1 is 1.16 bits per heavy atom. The van der Waals surface area contributed by atoms with Crippen molar-refractivity contribution in [1.29, 1.82) is 5.26 Å². The van der Waals surface area contributed by atoms with Gasteiger partial charge in [-0.15, -0.1) is 0 Å². The molecule has 4 heteroatoms. The first-order chi connectivity index (χ1) is 12.2. The zero-order valence-electron chi connectivity index (χ0n) is 14.4. The second-order valence-electron chi connectivity index (χ2n) is 6.24. The number of nitrogens with zero attached hydrogens (tertiary/aromatic N) is 3. The third-order valence-corrected chi connectivity index (χ3v) is 4.38. The van der Waals surface area contributed by atoms with Crippen LogP contribution < -0.4 is 0 Å². The minimum atomic E-state index is -0.0503. The van der Waals surface area contributed by atoms with Crippen LogP contribution in [0.4, 0.5) is 0 Å². The fraction of sp³-hybridized carbons (Fsp3) is 0.286. The third-order valence-electron chi connectivity index (χ3n) is 4.38. The number of hydrogen-bond donors (Lipinski definition) is 0. The van der Waals surface area contributed by atoms with Crippen molar-refractivity contribution < 1.29 is 4.79 Å². The summed E-state index contributed by atoms with van der Waals surface area (Å²) in [5, 5.41) is 9.25. The van der Waals surface area contributed by atoms with E-state index in [0.717, 1.165) is 41.8 Å². The highest BCUT2D eigenvalue weighted by molar-refractivity contribution is 6.01. The molecule has 0 unspecified atom stereocenters. The monoisotopic (exact) mass is 331 g/mol. The number of nitriles is 1. The third kappa shape index (κ3) is 3.95. The van der Waals surface area contributed by atoms with Gasteiger partial charge >= 0.3 is 0 Å². The topological polar surface area (TPSA) is 56.5 Å². The first-order valence-corrected chi connectivity index (χ1v) is 8.65. The quantitative estimate of drug-likeness (QED) is 0.799. The second-order valence-corrected chi connectivity index (χ2v) is 6.24. The van der Waals surface area contributed by atoms with Crippen LogP contribution in [0.15, 0.2) is 53.5 Å². The number of rotatable bonds is 6. The molecule has 0 aromatic heterocycles. The molecule has 3 rings (SSSR count). The number of amides is 1. The molecule has 0 saturated heterocycles. The SMILES string of the molecule is CCCCC1=NC(=O)CN1Cc1ccc(-c2ccccc2C#N)cc1. The maximum Gasteiger partial charge on any atom is 0.266 e. The first kappa shape index (κ1) is 16.9. The first-order valence-electron chi connectivity index (χ1n) is 8.65. The van der Waals surface area contributed by atoms with E-state index >= 15 is 0 Å². The van der Waals surface area contributed by atoms with Crippen molar-refractivity contribution in [3.8, 4) is 17.2 Å². The van der Waals surface area contributed by atoms with E-state index < -0.39 is 0 Å². The van der Waals surface area contributed by atoms with Crippen LogP contribution >= 0.6 is 0 Å². The van der Waals surface area contributed by atoms with Crippen molar-refractivity contribution in [2.75, 3.05) is 6.54 Å². The molecular formula is C21H21N3O. The molecule has 1 amide bonds. The average molecular weight is 331 g/mol. The Morgan fingerprint density at radius 3 is 2.64 bits per heavy atom. The maximum atomic E-state index is 11.7. The van der Waals surface area contributed by atoms with E-state index in [4.69, 9.17) is 0 Å². The van der Waals surface area contributed by atoms with Gasteiger partial charge in [0.25, 0.3) is 5.91 Å².